The van der Waals surface area contributed by atoms with Crippen molar-refractivity contribution in [2.24, 2.45) is 5.73 Å². The minimum absolute atomic E-state index is 0.452. The second-order valence-electron chi connectivity index (χ2n) is 4.14. The van der Waals surface area contributed by atoms with Crippen molar-refractivity contribution in [3.8, 4) is 0 Å². The Morgan fingerprint density at radius 1 is 1.17 bits per heavy atom. The molecule has 0 fully saturated rings. The third-order valence-corrected chi connectivity index (χ3v) is 3.13. The van der Waals surface area contributed by atoms with Gasteiger partial charge in [0.25, 0.3) is 0 Å². The van der Waals surface area contributed by atoms with Crippen molar-refractivity contribution < 1.29 is 0 Å². The Hall–Kier alpha value is -1.58. The molecule has 3 nitrogen and oxygen atoms in total. The Morgan fingerprint density at radius 2 is 1.94 bits per heavy atom. The Balaban J connectivity index is 2.16. The van der Waals surface area contributed by atoms with E-state index in [1.165, 1.54) is 0 Å². The number of aromatic nitrogens is 1. The van der Waals surface area contributed by atoms with Crippen LogP contribution < -0.4 is 10.6 Å². The zero-order chi connectivity index (χ0) is 13.0. The van der Waals surface area contributed by atoms with E-state index in [0.29, 0.717) is 6.54 Å². The number of anilines is 1. The van der Waals surface area contributed by atoms with Gasteiger partial charge in [-0.05, 0) is 23.8 Å². The van der Waals surface area contributed by atoms with E-state index >= 15 is 0 Å². The minimum atomic E-state index is 0.452. The SMILES string of the molecule is CN(Cc1ccccc1Cl)c1cccc(CN)n1. The highest BCUT2D eigenvalue weighted by Gasteiger charge is 2.06. The summed E-state index contributed by atoms with van der Waals surface area (Å²) in [7, 11) is 1.99. The van der Waals surface area contributed by atoms with Gasteiger partial charge in [0.15, 0.2) is 0 Å². The molecule has 0 atom stereocenters. The maximum absolute atomic E-state index is 6.15. The van der Waals surface area contributed by atoms with Gasteiger partial charge in [0, 0.05) is 25.2 Å². The zero-order valence-electron chi connectivity index (χ0n) is 10.3. The normalized spacial score (nSPS) is 10.4. The van der Waals surface area contributed by atoms with Crippen LogP contribution in [0.5, 0.6) is 0 Å². The summed E-state index contributed by atoms with van der Waals surface area (Å²) >= 11 is 6.15. The first-order valence-corrected chi connectivity index (χ1v) is 6.19. The minimum Gasteiger partial charge on any atom is -0.355 e. The number of hydrogen-bond donors (Lipinski definition) is 1. The molecule has 1 aromatic heterocycles. The molecule has 94 valence electrons. The predicted molar refractivity (Wildman–Crippen MR) is 75.7 cm³/mol. The Bertz CT molecular complexity index is 528. The number of hydrogen-bond acceptors (Lipinski definition) is 3. The van der Waals surface area contributed by atoms with Gasteiger partial charge in [-0.3, -0.25) is 0 Å². The number of nitrogens with zero attached hydrogens (tertiary/aromatic N) is 2. The topological polar surface area (TPSA) is 42.1 Å². The molecule has 0 unspecified atom stereocenters. The van der Waals surface area contributed by atoms with Crippen LogP contribution in [0.1, 0.15) is 11.3 Å². The summed E-state index contributed by atoms with van der Waals surface area (Å²) in [5, 5.41) is 0.777. The van der Waals surface area contributed by atoms with Crippen LogP contribution >= 0.6 is 11.6 Å². The van der Waals surface area contributed by atoms with E-state index in [4.69, 9.17) is 17.3 Å². The van der Waals surface area contributed by atoms with Gasteiger partial charge in [-0.2, -0.15) is 0 Å². The van der Waals surface area contributed by atoms with Gasteiger partial charge in [-0.25, -0.2) is 4.98 Å². The quantitative estimate of drug-likeness (QED) is 0.920. The lowest BCUT2D eigenvalue weighted by atomic mass is 10.2. The first kappa shape index (κ1) is 12.9. The molecule has 0 spiro atoms. The van der Waals surface area contributed by atoms with Crippen LogP contribution in [-0.4, -0.2) is 12.0 Å². The number of nitrogens with two attached hydrogens (primary N) is 1. The predicted octanol–water partition coefficient (Wildman–Crippen LogP) is 2.83. The highest BCUT2D eigenvalue weighted by molar-refractivity contribution is 6.31. The summed E-state index contributed by atoms with van der Waals surface area (Å²) < 4.78 is 0. The second kappa shape index (κ2) is 5.85. The van der Waals surface area contributed by atoms with E-state index in [1.807, 2.05) is 49.5 Å². The Labute approximate surface area is 112 Å². The van der Waals surface area contributed by atoms with Crippen LogP contribution in [-0.2, 0) is 13.1 Å². The molecule has 0 aliphatic carbocycles. The molecular formula is C14H16ClN3. The number of benzene rings is 1. The average molecular weight is 262 g/mol. The third-order valence-electron chi connectivity index (χ3n) is 2.76. The highest BCUT2D eigenvalue weighted by atomic mass is 35.5. The van der Waals surface area contributed by atoms with Crippen molar-refractivity contribution >= 4 is 17.4 Å². The molecule has 18 heavy (non-hydrogen) atoms. The van der Waals surface area contributed by atoms with E-state index in [0.717, 1.165) is 28.6 Å². The fourth-order valence-electron chi connectivity index (χ4n) is 1.76. The second-order valence-corrected chi connectivity index (χ2v) is 4.55. The average Bonchev–Trinajstić information content (AvgIpc) is 2.41. The van der Waals surface area contributed by atoms with Gasteiger partial charge < -0.3 is 10.6 Å². The smallest absolute Gasteiger partial charge is 0.128 e. The summed E-state index contributed by atoms with van der Waals surface area (Å²) in [6, 6.07) is 13.7. The van der Waals surface area contributed by atoms with Gasteiger partial charge in [-0.1, -0.05) is 35.9 Å². The lowest BCUT2D eigenvalue weighted by Crippen LogP contribution is -2.18. The van der Waals surface area contributed by atoms with Crippen molar-refractivity contribution in [2.45, 2.75) is 13.1 Å². The van der Waals surface area contributed by atoms with Crippen LogP contribution in [0.4, 0.5) is 5.82 Å². The highest BCUT2D eigenvalue weighted by Crippen LogP contribution is 2.19. The van der Waals surface area contributed by atoms with E-state index in [-0.39, 0.29) is 0 Å². The fourth-order valence-corrected chi connectivity index (χ4v) is 1.95. The van der Waals surface area contributed by atoms with Crippen LogP contribution in [0.2, 0.25) is 5.02 Å². The zero-order valence-corrected chi connectivity index (χ0v) is 11.1. The Morgan fingerprint density at radius 3 is 2.67 bits per heavy atom. The van der Waals surface area contributed by atoms with Gasteiger partial charge in [0.05, 0.1) is 5.69 Å². The largest absolute Gasteiger partial charge is 0.355 e. The molecule has 1 heterocycles. The first-order chi connectivity index (χ1) is 8.70. The molecule has 4 heteroatoms. The van der Waals surface area contributed by atoms with E-state index < -0.39 is 0 Å². The third kappa shape index (κ3) is 3.00. The summed E-state index contributed by atoms with van der Waals surface area (Å²) in [6.07, 6.45) is 0. The molecule has 2 N–H and O–H groups in total. The lowest BCUT2D eigenvalue weighted by molar-refractivity contribution is 0.878. The maximum Gasteiger partial charge on any atom is 0.128 e. The lowest BCUT2D eigenvalue weighted by Gasteiger charge is -2.19. The molecule has 0 bridgehead atoms. The van der Waals surface area contributed by atoms with Gasteiger partial charge in [-0.15, -0.1) is 0 Å². The molecule has 0 aliphatic rings. The monoisotopic (exact) mass is 261 g/mol. The molecule has 0 amide bonds. The van der Waals surface area contributed by atoms with Crippen molar-refractivity contribution in [2.75, 3.05) is 11.9 Å². The molecule has 2 rings (SSSR count). The van der Waals surface area contributed by atoms with Gasteiger partial charge in [0.1, 0.15) is 5.82 Å². The maximum atomic E-state index is 6.15. The summed E-state index contributed by atoms with van der Waals surface area (Å²) in [4.78, 5) is 6.53. The Kier molecular flexibility index (Phi) is 4.18. The molecule has 0 aliphatic heterocycles. The number of pyridine rings is 1. The van der Waals surface area contributed by atoms with Crippen LogP contribution in [0.15, 0.2) is 42.5 Å². The molecule has 1 aromatic carbocycles. The molecule has 0 saturated heterocycles. The molecule has 2 aromatic rings. The van der Waals surface area contributed by atoms with Crippen LogP contribution in [0.25, 0.3) is 0 Å². The standard InChI is InChI=1S/C14H16ClN3/c1-18(10-11-5-2-3-7-13(11)15)14-8-4-6-12(9-16)17-14/h2-8H,9-10,16H2,1H3. The fraction of sp³-hybridized carbons (Fsp3) is 0.214. The van der Waals surface area contributed by atoms with Crippen molar-refractivity contribution in [3.05, 3.63) is 58.7 Å². The summed E-state index contributed by atoms with van der Waals surface area (Å²) in [5.41, 5.74) is 7.57. The molecular weight excluding hydrogens is 246 g/mol. The summed E-state index contributed by atoms with van der Waals surface area (Å²) in [6.45, 7) is 1.18. The van der Waals surface area contributed by atoms with Crippen LogP contribution in [0, 0.1) is 0 Å². The van der Waals surface area contributed by atoms with E-state index in [9.17, 15) is 0 Å². The number of halogens is 1. The van der Waals surface area contributed by atoms with Gasteiger partial charge in [0.2, 0.25) is 0 Å². The van der Waals surface area contributed by atoms with Crippen LogP contribution in [0.3, 0.4) is 0 Å². The molecule has 0 saturated carbocycles. The van der Waals surface area contributed by atoms with Crippen molar-refractivity contribution in [1.82, 2.24) is 4.98 Å². The molecule has 0 radical (unpaired) electrons. The van der Waals surface area contributed by atoms with Crippen molar-refractivity contribution in [1.29, 1.82) is 0 Å². The summed E-state index contributed by atoms with van der Waals surface area (Å²) in [5.74, 6) is 0.901. The van der Waals surface area contributed by atoms with Crippen molar-refractivity contribution in [3.63, 3.8) is 0 Å². The van der Waals surface area contributed by atoms with E-state index in [2.05, 4.69) is 9.88 Å². The first-order valence-electron chi connectivity index (χ1n) is 5.81. The van der Waals surface area contributed by atoms with Gasteiger partial charge >= 0.3 is 0 Å². The number of rotatable bonds is 4. The van der Waals surface area contributed by atoms with E-state index in [1.54, 1.807) is 0 Å².